The number of carbonyl (C=O) groups excluding carboxylic acids is 2. The summed E-state index contributed by atoms with van der Waals surface area (Å²) < 4.78 is 45.5. The highest BCUT2D eigenvalue weighted by Crippen LogP contribution is 2.46. The summed E-state index contributed by atoms with van der Waals surface area (Å²) >= 11 is 0. The highest BCUT2D eigenvalue weighted by molar-refractivity contribution is 5.89. The van der Waals surface area contributed by atoms with Gasteiger partial charge in [-0.1, -0.05) is 30.4 Å². The van der Waals surface area contributed by atoms with E-state index in [0.717, 1.165) is 22.2 Å². The Morgan fingerprint density at radius 1 is 0.750 bits per heavy atom. The molecule has 9 N–H and O–H groups in total. The molecule has 17 atom stereocenters. The van der Waals surface area contributed by atoms with Crippen LogP contribution in [0.2, 0.25) is 0 Å². The van der Waals surface area contributed by atoms with E-state index in [2.05, 4.69) is 23.0 Å². The molecule has 2 saturated heterocycles. The molecule has 64 heavy (non-hydrogen) atoms. The van der Waals surface area contributed by atoms with Crippen molar-refractivity contribution in [2.45, 2.75) is 99.3 Å². The molecule has 0 bridgehead atoms. The van der Waals surface area contributed by atoms with Crippen LogP contribution in [-0.4, -0.2) is 177 Å². The van der Waals surface area contributed by atoms with Gasteiger partial charge >= 0.3 is 11.9 Å². The molecule has 0 radical (unpaired) electrons. The van der Waals surface area contributed by atoms with Crippen LogP contribution in [0.5, 0.6) is 0 Å². The number of aliphatic hydroxyl groups is 8. The number of aliphatic hydroxyl groups excluding tert-OH is 8. The number of carbonyl (C=O) groups is 2. The van der Waals surface area contributed by atoms with E-state index in [-0.39, 0.29) is 17.6 Å². The van der Waals surface area contributed by atoms with Crippen molar-refractivity contribution in [2.75, 3.05) is 40.5 Å². The summed E-state index contributed by atoms with van der Waals surface area (Å²) in [6, 6.07) is 7.44. The lowest BCUT2D eigenvalue weighted by molar-refractivity contribution is -0.339. The highest BCUT2D eigenvalue weighted by atomic mass is 16.8. The maximum Gasteiger partial charge on any atom is 0.337 e. The second-order valence-electron chi connectivity index (χ2n) is 16.5. The van der Waals surface area contributed by atoms with Crippen molar-refractivity contribution in [3.05, 3.63) is 84.5 Å². The average Bonchev–Trinajstić information content (AvgIpc) is 3.70. The SMILES string of the molecule is C=C[C@H]1[C@H](O[C@@H]2O[C@H](CO)[C@@H](O)[C@H](O)[C@H]2O)OC=C(C(=O)OC)[C@H]1CCN1CCc2c([nH]c3ccccc23)[C@H]1C[C@@H]1C(C(=O)OC)=CO[C@@H](O[C@@H]2O[C@H](CO)[C@@H](O)[C@H](O)[C@H]2O)[C@@H]1C=C. The van der Waals surface area contributed by atoms with E-state index in [1.54, 1.807) is 12.2 Å². The zero-order valence-corrected chi connectivity index (χ0v) is 35.4. The molecule has 0 saturated carbocycles. The number of aromatic amines is 1. The van der Waals surface area contributed by atoms with E-state index in [4.69, 9.17) is 37.9 Å². The van der Waals surface area contributed by atoms with Crippen LogP contribution < -0.4 is 0 Å². The van der Waals surface area contributed by atoms with Gasteiger partial charge in [0.2, 0.25) is 12.6 Å². The lowest BCUT2D eigenvalue weighted by atomic mass is 9.77. The van der Waals surface area contributed by atoms with Crippen LogP contribution in [0.3, 0.4) is 0 Å². The van der Waals surface area contributed by atoms with E-state index in [9.17, 15) is 50.4 Å². The first-order valence-electron chi connectivity index (χ1n) is 21.2. The summed E-state index contributed by atoms with van der Waals surface area (Å²) in [5, 5.41) is 83.8. The van der Waals surface area contributed by atoms with Gasteiger partial charge in [0.25, 0.3) is 0 Å². The Labute approximate surface area is 368 Å². The molecule has 0 unspecified atom stereocenters. The third-order valence-electron chi connectivity index (χ3n) is 13.1. The van der Waals surface area contributed by atoms with Crippen LogP contribution in [-0.2, 0) is 53.9 Å². The van der Waals surface area contributed by atoms with Crippen LogP contribution in [0.4, 0.5) is 0 Å². The van der Waals surface area contributed by atoms with Gasteiger partial charge in [-0.2, -0.15) is 0 Å². The van der Waals surface area contributed by atoms with Crippen LogP contribution in [0.25, 0.3) is 10.9 Å². The molecule has 1 aromatic heterocycles. The van der Waals surface area contributed by atoms with Gasteiger partial charge in [0.15, 0.2) is 12.6 Å². The van der Waals surface area contributed by atoms with Gasteiger partial charge in [0.05, 0.1) is 57.1 Å². The minimum Gasteiger partial charge on any atom is -0.471 e. The van der Waals surface area contributed by atoms with Gasteiger partial charge in [-0.25, -0.2) is 9.59 Å². The quantitative estimate of drug-likeness (QED) is 0.0777. The molecule has 1 aromatic carbocycles. The third kappa shape index (κ3) is 9.12. The van der Waals surface area contributed by atoms with Crippen molar-refractivity contribution in [1.82, 2.24) is 9.88 Å². The van der Waals surface area contributed by atoms with Crippen molar-refractivity contribution in [2.24, 2.45) is 23.7 Å². The molecule has 2 fully saturated rings. The number of aromatic nitrogens is 1. The van der Waals surface area contributed by atoms with Crippen LogP contribution >= 0.6 is 0 Å². The standard InChI is InChI=1S/C44H58N2O18/c1-5-20-22(26(39(55)57-3)18-59-41(20)63-43-37(53)35(51)33(49)30(16-47)61-43)11-13-46-14-12-24-23-9-7-8-10-28(23)45-32(24)29(46)15-25-21(6-2)42(60-19-27(25)40(56)58-4)64-44-38(54)36(52)34(50)31(17-48)62-44/h5-10,18-22,25,29-31,33-38,41-45,47-54H,1-2,11-17H2,3-4H3/t20-,21-,22+,25+,29-,30-,31-,33-,34-,35+,36+,37-,38-,41+,42+,43+,44+/m1/s1. The zero-order chi connectivity index (χ0) is 46.0. The molecule has 0 spiro atoms. The van der Waals surface area contributed by atoms with Crippen LogP contribution in [0.1, 0.15) is 30.1 Å². The number of ether oxygens (including phenoxy) is 8. The number of H-pyrrole nitrogens is 1. The Bertz CT molecular complexity index is 2040. The van der Waals surface area contributed by atoms with Crippen molar-refractivity contribution in [3.8, 4) is 0 Å². The van der Waals surface area contributed by atoms with Crippen molar-refractivity contribution in [3.63, 3.8) is 0 Å². The first-order chi connectivity index (χ1) is 30.8. The van der Waals surface area contributed by atoms with Gasteiger partial charge in [0.1, 0.15) is 48.8 Å². The van der Waals surface area contributed by atoms with E-state index in [0.29, 0.717) is 25.9 Å². The second kappa shape index (κ2) is 20.5. The summed E-state index contributed by atoms with van der Waals surface area (Å²) in [7, 11) is 2.48. The Balaban J connectivity index is 1.19. The maximum atomic E-state index is 13.5. The minimum absolute atomic E-state index is 0.171. The number of benzene rings is 1. The summed E-state index contributed by atoms with van der Waals surface area (Å²) in [4.78, 5) is 32.6. The second-order valence-corrected chi connectivity index (χ2v) is 16.5. The summed E-state index contributed by atoms with van der Waals surface area (Å²) in [6.45, 7) is 7.58. The van der Waals surface area contributed by atoms with Gasteiger partial charge in [-0.05, 0) is 37.4 Å². The molecule has 5 aliphatic rings. The highest BCUT2D eigenvalue weighted by Gasteiger charge is 2.50. The molecule has 0 aliphatic carbocycles. The average molecular weight is 903 g/mol. The predicted molar refractivity (Wildman–Crippen MR) is 220 cm³/mol. The molecule has 20 nitrogen and oxygen atoms in total. The van der Waals surface area contributed by atoms with Crippen molar-refractivity contribution < 1.29 is 88.3 Å². The zero-order valence-electron chi connectivity index (χ0n) is 35.4. The van der Waals surface area contributed by atoms with E-state index in [1.165, 1.54) is 26.7 Å². The number of para-hydroxylation sites is 1. The molecule has 7 rings (SSSR count). The van der Waals surface area contributed by atoms with E-state index < -0.39 is 129 Å². The van der Waals surface area contributed by atoms with E-state index in [1.807, 2.05) is 24.3 Å². The van der Waals surface area contributed by atoms with Gasteiger partial charge in [0, 0.05) is 46.8 Å². The number of nitrogens with one attached hydrogen (secondary N) is 1. The monoisotopic (exact) mass is 902 g/mol. The fraction of sp³-hybridized carbons (Fsp3) is 0.591. The summed E-state index contributed by atoms with van der Waals surface area (Å²) in [5.74, 6) is -4.23. The van der Waals surface area contributed by atoms with Crippen LogP contribution in [0.15, 0.2) is 73.2 Å². The topological polar surface area (TPSA) is 289 Å². The van der Waals surface area contributed by atoms with Gasteiger partial charge < -0.3 is 83.7 Å². The summed E-state index contributed by atoms with van der Waals surface area (Å²) in [5.41, 5.74) is 3.22. The van der Waals surface area contributed by atoms with Crippen molar-refractivity contribution >= 4 is 22.8 Å². The molecule has 2 aromatic rings. The molecule has 5 aliphatic heterocycles. The molecule has 6 heterocycles. The Hall–Kier alpha value is -4.26. The number of fused-ring (bicyclic) bond motifs is 3. The third-order valence-corrected chi connectivity index (χ3v) is 13.1. The fourth-order valence-corrected chi connectivity index (χ4v) is 9.57. The van der Waals surface area contributed by atoms with Gasteiger partial charge in [-0.3, -0.25) is 4.90 Å². The Kier molecular flexibility index (Phi) is 15.3. The minimum atomic E-state index is -1.73. The van der Waals surface area contributed by atoms with Gasteiger partial charge in [-0.15, -0.1) is 13.2 Å². The van der Waals surface area contributed by atoms with Crippen molar-refractivity contribution in [1.29, 1.82) is 0 Å². The Morgan fingerprint density at radius 2 is 1.27 bits per heavy atom. The van der Waals surface area contributed by atoms with E-state index >= 15 is 0 Å². The predicted octanol–water partition coefficient (Wildman–Crippen LogP) is -0.856. The Morgan fingerprint density at radius 3 is 1.78 bits per heavy atom. The summed E-state index contributed by atoms with van der Waals surface area (Å²) in [6.07, 6.45) is -11.4. The van der Waals surface area contributed by atoms with Crippen LogP contribution in [0, 0.1) is 23.7 Å². The number of hydrogen-bond donors (Lipinski definition) is 9. The first-order valence-corrected chi connectivity index (χ1v) is 21.2. The number of nitrogens with zero attached hydrogens (tertiary/aromatic N) is 1. The smallest absolute Gasteiger partial charge is 0.337 e. The lowest BCUT2D eigenvalue weighted by Gasteiger charge is -2.45. The number of methoxy groups -OCH3 is 2. The fourth-order valence-electron chi connectivity index (χ4n) is 9.57. The number of rotatable bonds is 15. The molecular weight excluding hydrogens is 844 g/mol. The molecule has 352 valence electrons. The largest absolute Gasteiger partial charge is 0.471 e. The number of hydrogen-bond acceptors (Lipinski definition) is 19. The lowest BCUT2D eigenvalue weighted by Crippen LogP contribution is -2.60. The molecule has 0 amide bonds. The molecule has 20 heteroatoms. The molecular formula is C44H58N2O18. The normalized spacial score (nSPS) is 37.9. The maximum absolute atomic E-state index is 13.5. The first kappa shape index (κ1) is 47.7. The number of esters is 2.